The molecule has 1 amide bonds. The topological polar surface area (TPSA) is 111 Å². The molecule has 0 radical (unpaired) electrons. The summed E-state index contributed by atoms with van der Waals surface area (Å²) in [5, 5.41) is 11.5. The number of nitrogens with one attached hydrogen (secondary N) is 4. The predicted octanol–water partition coefficient (Wildman–Crippen LogP) is 4.88. The Bertz CT molecular complexity index is 1570. The zero-order valence-electron chi connectivity index (χ0n) is 24.0. The molecule has 212 valence electrons. The van der Waals surface area contributed by atoms with Gasteiger partial charge in [-0.15, -0.1) is 0 Å². The van der Waals surface area contributed by atoms with Crippen molar-refractivity contribution in [3.8, 4) is 11.3 Å². The van der Waals surface area contributed by atoms with E-state index in [0.717, 1.165) is 61.1 Å². The van der Waals surface area contributed by atoms with Crippen LogP contribution in [0.15, 0.2) is 61.1 Å². The smallest absolute Gasteiger partial charge is 0.248 e. The van der Waals surface area contributed by atoms with E-state index in [-0.39, 0.29) is 17.5 Å². The predicted molar refractivity (Wildman–Crippen MR) is 164 cm³/mol. The average Bonchev–Trinajstić information content (AvgIpc) is 3.39. The van der Waals surface area contributed by atoms with E-state index in [0.29, 0.717) is 18.2 Å². The lowest BCUT2D eigenvalue weighted by Gasteiger charge is -2.39. The van der Waals surface area contributed by atoms with E-state index in [1.165, 1.54) is 16.5 Å². The number of rotatable bonds is 9. The number of H-pyrrole nitrogens is 1. The maximum absolute atomic E-state index is 12.1. The summed E-state index contributed by atoms with van der Waals surface area (Å²) in [7, 11) is 3.93. The van der Waals surface area contributed by atoms with E-state index in [1.54, 1.807) is 12.3 Å². The maximum Gasteiger partial charge on any atom is 0.248 e. The second-order valence-corrected chi connectivity index (χ2v) is 11.8. The van der Waals surface area contributed by atoms with Crippen LogP contribution in [0.3, 0.4) is 0 Å². The van der Waals surface area contributed by atoms with E-state index in [4.69, 9.17) is 9.97 Å². The minimum absolute atomic E-state index is 0.0261. The molecule has 3 aromatic heterocycles. The van der Waals surface area contributed by atoms with Gasteiger partial charge in [-0.3, -0.25) is 9.78 Å². The van der Waals surface area contributed by atoms with Crippen LogP contribution >= 0.6 is 0 Å². The van der Waals surface area contributed by atoms with Gasteiger partial charge >= 0.3 is 0 Å². The van der Waals surface area contributed by atoms with Crippen LogP contribution in [0, 0.1) is 0 Å². The van der Waals surface area contributed by atoms with Gasteiger partial charge in [0.05, 0.1) is 23.3 Å². The molecule has 1 aromatic carbocycles. The number of amides is 1. The number of fused-ring (bicyclic) bond motifs is 2. The summed E-state index contributed by atoms with van der Waals surface area (Å²) in [6.45, 7) is 3.67. The van der Waals surface area contributed by atoms with Gasteiger partial charge in [-0.05, 0) is 70.5 Å². The zero-order valence-corrected chi connectivity index (χ0v) is 24.0. The Balaban J connectivity index is 1.05. The number of nitrogens with zero attached hydrogens (tertiary/aromatic N) is 4. The molecule has 0 spiro atoms. The molecule has 41 heavy (non-hydrogen) atoms. The fourth-order valence-corrected chi connectivity index (χ4v) is 6.05. The van der Waals surface area contributed by atoms with Gasteiger partial charge < -0.3 is 25.8 Å². The Labute approximate surface area is 240 Å². The second kappa shape index (κ2) is 11.4. The number of carbonyl (C=O) groups is 1. The molecule has 1 saturated carbocycles. The van der Waals surface area contributed by atoms with Gasteiger partial charge in [0.1, 0.15) is 0 Å². The average molecular weight is 551 g/mol. The number of pyridine rings is 1. The summed E-state index contributed by atoms with van der Waals surface area (Å²) in [5.41, 5.74) is 7.45. The number of benzene rings is 1. The third-order valence-electron chi connectivity index (χ3n) is 8.13. The number of carbonyl (C=O) groups excluding carboxylic acids is 1. The lowest BCUT2D eigenvalue weighted by atomic mass is 9.80. The number of hydrogen-bond donors (Lipinski definition) is 4. The summed E-state index contributed by atoms with van der Waals surface area (Å²) in [5.74, 6) is 0.546. The second-order valence-electron chi connectivity index (χ2n) is 11.8. The SMILES string of the molecule is CN(C)CC=CC(=O)Nc1ccc(CNC2(C)CCCC(Nc3ncc4c(n3)-c3c[nH]c5cccc(c35)C4)C2)nc1. The van der Waals surface area contributed by atoms with Crippen LogP contribution in [0.25, 0.3) is 22.2 Å². The first-order chi connectivity index (χ1) is 19.8. The van der Waals surface area contributed by atoms with Crippen molar-refractivity contribution in [3.63, 3.8) is 0 Å². The van der Waals surface area contributed by atoms with Gasteiger partial charge in [-0.1, -0.05) is 18.2 Å². The molecule has 2 aliphatic rings. The van der Waals surface area contributed by atoms with Gasteiger partial charge in [-0.25, -0.2) is 9.97 Å². The summed E-state index contributed by atoms with van der Waals surface area (Å²) in [4.78, 5) is 31.7. The van der Waals surface area contributed by atoms with E-state index in [2.05, 4.69) is 57.2 Å². The molecule has 0 saturated heterocycles. The molecule has 6 rings (SSSR count). The standard InChI is InChI=1S/C32H38N8O/c1-32(36-19-24-11-12-25(18-33-24)37-28(41)10-6-14-40(2)3)13-5-8-23(16-32)38-31-35-17-22-15-21-7-4-9-27-29(21)26(20-34-27)30(22)39-31/h4,6-7,9-12,17-18,20,23,34,36H,5,8,13-16,19H2,1-3H3,(H,37,41)(H,35,38,39). The minimum Gasteiger partial charge on any atom is -0.360 e. The Kier molecular flexibility index (Phi) is 7.55. The van der Waals surface area contributed by atoms with Gasteiger partial charge in [0.2, 0.25) is 11.9 Å². The Morgan fingerprint density at radius 1 is 1.17 bits per heavy atom. The Morgan fingerprint density at radius 2 is 2.07 bits per heavy atom. The van der Waals surface area contributed by atoms with Crippen LogP contribution in [0.5, 0.6) is 0 Å². The number of aromatic amines is 1. The molecule has 0 bridgehead atoms. The molecule has 2 aliphatic carbocycles. The highest BCUT2D eigenvalue weighted by molar-refractivity contribution is 6.00. The molecular formula is C32H38N8O. The molecule has 0 aliphatic heterocycles. The molecule has 2 atom stereocenters. The van der Waals surface area contributed by atoms with E-state index in [9.17, 15) is 4.79 Å². The molecule has 3 heterocycles. The van der Waals surface area contributed by atoms with Crippen molar-refractivity contribution in [2.75, 3.05) is 31.3 Å². The van der Waals surface area contributed by atoms with Crippen molar-refractivity contribution in [2.24, 2.45) is 0 Å². The van der Waals surface area contributed by atoms with Crippen molar-refractivity contribution in [3.05, 3.63) is 77.9 Å². The molecule has 2 unspecified atom stereocenters. The number of likely N-dealkylation sites (N-methyl/N-ethyl adjacent to an activating group) is 1. The quantitative estimate of drug-likeness (QED) is 0.194. The summed E-state index contributed by atoms with van der Waals surface area (Å²) in [6.07, 6.45) is 14.3. The van der Waals surface area contributed by atoms with E-state index < -0.39 is 0 Å². The number of aromatic nitrogens is 4. The van der Waals surface area contributed by atoms with Gasteiger partial charge in [0.15, 0.2) is 0 Å². The highest BCUT2D eigenvalue weighted by Gasteiger charge is 2.32. The van der Waals surface area contributed by atoms with Crippen molar-refractivity contribution in [2.45, 2.75) is 57.2 Å². The molecule has 1 fully saturated rings. The van der Waals surface area contributed by atoms with Crippen LogP contribution < -0.4 is 16.0 Å². The van der Waals surface area contributed by atoms with Crippen LogP contribution in [0.1, 0.15) is 49.4 Å². The summed E-state index contributed by atoms with van der Waals surface area (Å²) >= 11 is 0. The van der Waals surface area contributed by atoms with E-state index in [1.807, 2.05) is 43.4 Å². The monoisotopic (exact) mass is 550 g/mol. The first-order valence-electron chi connectivity index (χ1n) is 14.4. The van der Waals surface area contributed by atoms with Gasteiger partial charge in [0.25, 0.3) is 0 Å². The minimum atomic E-state index is -0.151. The highest BCUT2D eigenvalue weighted by atomic mass is 16.1. The molecular weight excluding hydrogens is 512 g/mol. The van der Waals surface area contributed by atoms with Crippen LogP contribution in [0.4, 0.5) is 11.6 Å². The summed E-state index contributed by atoms with van der Waals surface area (Å²) < 4.78 is 0. The van der Waals surface area contributed by atoms with E-state index >= 15 is 0 Å². The van der Waals surface area contributed by atoms with Crippen LogP contribution in [0.2, 0.25) is 0 Å². The largest absolute Gasteiger partial charge is 0.360 e. The van der Waals surface area contributed by atoms with Crippen molar-refractivity contribution >= 4 is 28.4 Å². The third kappa shape index (κ3) is 6.16. The number of anilines is 2. The first-order valence-corrected chi connectivity index (χ1v) is 14.4. The van der Waals surface area contributed by atoms with Crippen molar-refractivity contribution < 1.29 is 4.79 Å². The number of hydrogen-bond acceptors (Lipinski definition) is 7. The van der Waals surface area contributed by atoms with Crippen molar-refractivity contribution in [1.29, 1.82) is 0 Å². The lowest BCUT2D eigenvalue weighted by molar-refractivity contribution is -0.111. The summed E-state index contributed by atoms with van der Waals surface area (Å²) in [6, 6.07) is 10.6. The van der Waals surface area contributed by atoms with Gasteiger partial charge in [-0.2, -0.15) is 0 Å². The molecule has 4 N–H and O–H groups in total. The normalized spacial score (nSPS) is 20.0. The highest BCUT2D eigenvalue weighted by Crippen LogP contribution is 2.38. The lowest BCUT2D eigenvalue weighted by Crippen LogP contribution is -2.48. The fourth-order valence-electron chi connectivity index (χ4n) is 6.05. The van der Waals surface area contributed by atoms with Gasteiger partial charge in [0, 0.05) is 71.6 Å². The fraction of sp³-hybridized carbons (Fsp3) is 0.375. The Morgan fingerprint density at radius 3 is 2.90 bits per heavy atom. The van der Waals surface area contributed by atoms with Crippen LogP contribution in [-0.4, -0.2) is 63.0 Å². The van der Waals surface area contributed by atoms with Crippen LogP contribution in [-0.2, 0) is 17.8 Å². The first kappa shape index (κ1) is 27.1. The van der Waals surface area contributed by atoms with Crippen molar-refractivity contribution in [1.82, 2.24) is 30.2 Å². The molecule has 9 nitrogen and oxygen atoms in total. The zero-order chi connectivity index (χ0) is 28.4. The molecule has 9 heteroatoms. The Hall–Kier alpha value is -4.08. The molecule has 4 aromatic rings. The third-order valence-corrected chi connectivity index (χ3v) is 8.13. The maximum atomic E-state index is 12.1.